The van der Waals surface area contributed by atoms with Crippen molar-refractivity contribution in [3.8, 4) is 0 Å². The number of aromatic nitrogens is 2. The Morgan fingerprint density at radius 1 is 0.964 bits per heavy atom. The van der Waals surface area contributed by atoms with Crippen molar-refractivity contribution in [3.63, 3.8) is 0 Å². The van der Waals surface area contributed by atoms with E-state index in [9.17, 15) is 8.42 Å². The van der Waals surface area contributed by atoms with E-state index in [1.54, 1.807) is 17.5 Å². The Kier molecular flexibility index (Phi) is 5.50. The number of fused-ring (bicyclic) bond motifs is 2. The second-order valence-electron chi connectivity index (χ2n) is 6.96. The number of para-hydroxylation sites is 2. The average molecular weight is 417 g/mol. The summed E-state index contributed by atoms with van der Waals surface area (Å²) in [7, 11) is -3.64. The smallest absolute Gasteiger partial charge is 0.276 e. The van der Waals surface area contributed by atoms with Gasteiger partial charge in [-0.1, -0.05) is 50.8 Å². The van der Waals surface area contributed by atoms with Crippen molar-refractivity contribution in [2.45, 2.75) is 43.2 Å². The Hall–Kier alpha value is -2.19. The molecule has 3 heterocycles. The number of nitrogens with zero attached hydrogens (tertiary/aromatic N) is 4. The van der Waals surface area contributed by atoms with Crippen LogP contribution in [0.3, 0.4) is 0 Å². The molecule has 0 saturated carbocycles. The van der Waals surface area contributed by atoms with Gasteiger partial charge in [-0.2, -0.15) is 0 Å². The fourth-order valence-electron chi connectivity index (χ4n) is 3.44. The Morgan fingerprint density at radius 3 is 2.36 bits per heavy atom. The van der Waals surface area contributed by atoms with Crippen LogP contribution in [0.15, 0.2) is 46.0 Å². The summed E-state index contributed by atoms with van der Waals surface area (Å²) in [6, 6.07) is 11.0. The van der Waals surface area contributed by atoms with Gasteiger partial charge in [0, 0.05) is 6.54 Å². The lowest BCUT2D eigenvalue weighted by molar-refractivity contribution is 0.590. The summed E-state index contributed by atoms with van der Waals surface area (Å²) in [5, 5.41) is 1.78. The van der Waals surface area contributed by atoms with Crippen LogP contribution >= 0.6 is 11.3 Å². The van der Waals surface area contributed by atoms with E-state index in [1.165, 1.54) is 34.9 Å². The summed E-state index contributed by atoms with van der Waals surface area (Å²) in [5.41, 5.74) is 1.49. The van der Waals surface area contributed by atoms with E-state index in [1.807, 2.05) is 29.2 Å². The topological polar surface area (TPSA) is 66.4 Å². The van der Waals surface area contributed by atoms with Gasteiger partial charge in [0.2, 0.25) is 0 Å². The van der Waals surface area contributed by atoms with Crippen LogP contribution in [0.4, 0.5) is 11.6 Å². The fraction of sp³-hybridized carbons (Fsp3) is 0.400. The molecular weight excluding hydrogens is 392 g/mol. The van der Waals surface area contributed by atoms with E-state index in [-0.39, 0.29) is 6.67 Å². The molecule has 148 valence electrons. The predicted octanol–water partition coefficient (Wildman–Crippen LogP) is 4.63. The third kappa shape index (κ3) is 3.58. The van der Waals surface area contributed by atoms with Crippen molar-refractivity contribution in [3.05, 3.63) is 41.8 Å². The van der Waals surface area contributed by atoms with Gasteiger partial charge in [0.15, 0.2) is 11.6 Å². The molecule has 0 spiro atoms. The minimum Gasteiger partial charge on any atom is -0.335 e. The summed E-state index contributed by atoms with van der Waals surface area (Å²) in [5.74, 6) is 1.09. The van der Waals surface area contributed by atoms with Crippen molar-refractivity contribution < 1.29 is 8.42 Å². The van der Waals surface area contributed by atoms with Gasteiger partial charge in [-0.25, -0.2) is 22.7 Å². The van der Waals surface area contributed by atoms with Crippen LogP contribution in [-0.4, -0.2) is 31.6 Å². The Labute approximate surface area is 169 Å². The van der Waals surface area contributed by atoms with Gasteiger partial charge >= 0.3 is 0 Å². The van der Waals surface area contributed by atoms with Gasteiger partial charge < -0.3 is 4.90 Å². The first-order chi connectivity index (χ1) is 13.6. The van der Waals surface area contributed by atoms with Crippen LogP contribution < -0.4 is 9.21 Å². The molecule has 0 radical (unpaired) electrons. The fourth-order valence-corrected chi connectivity index (χ4v) is 5.92. The molecule has 0 fully saturated rings. The van der Waals surface area contributed by atoms with Crippen molar-refractivity contribution in [2.24, 2.45) is 0 Å². The van der Waals surface area contributed by atoms with Gasteiger partial charge in [0.1, 0.15) is 10.9 Å². The molecule has 0 aliphatic carbocycles. The second-order valence-corrected chi connectivity index (χ2v) is 10.0. The van der Waals surface area contributed by atoms with Crippen LogP contribution in [0, 0.1) is 0 Å². The quantitative estimate of drug-likeness (QED) is 0.501. The van der Waals surface area contributed by atoms with Crippen molar-refractivity contribution >= 4 is 44.0 Å². The number of thiophene rings is 1. The van der Waals surface area contributed by atoms with Gasteiger partial charge in [-0.05, 0) is 30.0 Å². The van der Waals surface area contributed by atoms with Crippen LogP contribution in [0.2, 0.25) is 0 Å². The van der Waals surface area contributed by atoms with Crippen molar-refractivity contribution in [2.75, 3.05) is 22.4 Å². The van der Waals surface area contributed by atoms with E-state index in [0.29, 0.717) is 21.4 Å². The molecule has 8 heteroatoms. The molecule has 6 nitrogen and oxygen atoms in total. The van der Waals surface area contributed by atoms with Crippen LogP contribution in [0.25, 0.3) is 11.0 Å². The van der Waals surface area contributed by atoms with E-state index in [2.05, 4.69) is 11.9 Å². The third-order valence-corrected chi connectivity index (χ3v) is 8.04. The van der Waals surface area contributed by atoms with E-state index >= 15 is 0 Å². The largest absolute Gasteiger partial charge is 0.335 e. The highest BCUT2D eigenvalue weighted by Gasteiger charge is 2.38. The van der Waals surface area contributed by atoms with E-state index in [4.69, 9.17) is 4.98 Å². The normalized spacial score (nSPS) is 14.0. The standard InChI is InChI=1S/C20H24N4O2S2/c1-2-3-4-5-8-13-23-15-24(28(25,26)18-12-9-14-27-18)20-19(23)21-16-10-6-7-11-17(16)22-20/h6-7,9-12,14H,2-5,8,13,15H2,1H3. The number of hydrogen-bond acceptors (Lipinski definition) is 6. The SMILES string of the molecule is CCCCCCCN1CN(S(=O)(=O)c2cccs2)c2nc3ccccc3nc21. The summed E-state index contributed by atoms with van der Waals surface area (Å²) in [4.78, 5) is 11.5. The highest BCUT2D eigenvalue weighted by Crippen LogP contribution is 2.38. The second kappa shape index (κ2) is 8.05. The van der Waals surface area contributed by atoms with Crippen molar-refractivity contribution in [1.82, 2.24) is 9.97 Å². The maximum absolute atomic E-state index is 13.2. The molecule has 0 bridgehead atoms. The maximum Gasteiger partial charge on any atom is 0.276 e. The summed E-state index contributed by atoms with van der Waals surface area (Å²) in [6.07, 6.45) is 5.80. The number of rotatable bonds is 8. The summed E-state index contributed by atoms with van der Waals surface area (Å²) in [6.45, 7) is 3.24. The first-order valence-electron chi connectivity index (χ1n) is 9.69. The van der Waals surface area contributed by atoms with Gasteiger partial charge in [0.05, 0.1) is 11.0 Å². The molecule has 28 heavy (non-hydrogen) atoms. The lowest BCUT2D eigenvalue weighted by Gasteiger charge is -2.20. The highest BCUT2D eigenvalue weighted by molar-refractivity contribution is 7.94. The summed E-state index contributed by atoms with van der Waals surface area (Å²) >= 11 is 1.23. The van der Waals surface area contributed by atoms with Crippen molar-refractivity contribution in [1.29, 1.82) is 0 Å². The van der Waals surface area contributed by atoms with Crippen LogP contribution in [0.1, 0.15) is 39.0 Å². The zero-order valence-corrected chi connectivity index (χ0v) is 17.5. The van der Waals surface area contributed by atoms with Crippen LogP contribution in [-0.2, 0) is 10.0 Å². The molecule has 0 amide bonds. The molecule has 0 unspecified atom stereocenters. The number of sulfonamides is 1. The molecule has 2 aromatic heterocycles. The zero-order valence-electron chi connectivity index (χ0n) is 15.9. The third-order valence-electron chi connectivity index (χ3n) is 4.94. The summed E-state index contributed by atoms with van der Waals surface area (Å²) < 4.78 is 28.1. The Bertz CT molecular complexity index is 1050. The molecule has 1 aliphatic rings. The average Bonchev–Trinajstić information content (AvgIpc) is 3.35. The minimum absolute atomic E-state index is 0.264. The molecule has 3 aromatic rings. The lowest BCUT2D eigenvalue weighted by Crippen LogP contribution is -2.36. The predicted molar refractivity (Wildman–Crippen MR) is 114 cm³/mol. The van der Waals surface area contributed by atoms with Gasteiger partial charge in [-0.3, -0.25) is 0 Å². The molecule has 0 atom stereocenters. The number of unbranched alkanes of at least 4 members (excludes halogenated alkanes) is 4. The lowest BCUT2D eigenvalue weighted by atomic mass is 10.1. The number of anilines is 2. The zero-order chi connectivity index (χ0) is 19.6. The number of hydrogen-bond donors (Lipinski definition) is 0. The van der Waals surface area contributed by atoms with Crippen LogP contribution in [0.5, 0.6) is 0 Å². The first-order valence-corrected chi connectivity index (χ1v) is 12.0. The molecule has 1 aromatic carbocycles. The van der Waals surface area contributed by atoms with Gasteiger partial charge in [0.25, 0.3) is 10.0 Å². The first kappa shape index (κ1) is 19.1. The maximum atomic E-state index is 13.2. The monoisotopic (exact) mass is 416 g/mol. The highest BCUT2D eigenvalue weighted by atomic mass is 32.2. The molecule has 0 N–H and O–H groups in total. The molecular formula is C20H24N4O2S2. The Balaban J connectivity index is 1.68. The van der Waals surface area contributed by atoms with Gasteiger partial charge in [-0.15, -0.1) is 11.3 Å². The van der Waals surface area contributed by atoms with E-state index in [0.717, 1.165) is 24.9 Å². The van der Waals surface area contributed by atoms with E-state index < -0.39 is 10.0 Å². The molecule has 4 rings (SSSR count). The number of benzene rings is 1. The molecule has 0 saturated heterocycles. The minimum atomic E-state index is -3.64. The Morgan fingerprint density at radius 2 is 1.68 bits per heavy atom. The molecule has 1 aliphatic heterocycles.